The van der Waals surface area contributed by atoms with Crippen molar-refractivity contribution in [1.29, 1.82) is 0 Å². The highest BCUT2D eigenvalue weighted by Gasteiger charge is 2.54. The minimum Gasteiger partial charge on any atom is -0.339 e. The molecule has 1 aromatic heterocycles. The molecule has 1 aromatic rings. The summed E-state index contributed by atoms with van der Waals surface area (Å²) >= 11 is 0. The lowest BCUT2D eigenvalue weighted by Crippen LogP contribution is -2.22. The Morgan fingerprint density at radius 1 is 1.29 bits per heavy atom. The lowest BCUT2D eigenvalue weighted by molar-refractivity contribution is 0.365. The molecule has 2 saturated carbocycles. The molecule has 1 heterocycles. The predicted octanol–water partition coefficient (Wildman–Crippen LogP) is 2.47. The third-order valence-corrected chi connectivity index (χ3v) is 4.09. The van der Waals surface area contributed by atoms with Crippen LogP contribution in [-0.2, 0) is 6.54 Å². The van der Waals surface area contributed by atoms with Crippen molar-refractivity contribution in [3.63, 3.8) is 0 Å². The van der Waals surface area contributed by atoms with Crippen LogP contribution in [0.15, 0.2) is 4.52 Å². The number of nitrogens with zero attached hydrogens (tertiary/aromatic N) is 2. The summed E-state index contributed by atoms with van der Waals surface area (Å²) in [4.78, 5) is 4.53. The van der Waals surface area contributed by atoms with Crippen molar-refractivity contribution in [3.05, 3.63) is 11.7 Å². The predicted molar refractivity (Wildman–Crippen MR) is 64.5 cm³/mol. The second-order valence-corrected chi connectivity index (χ2v) is 5.72. The van der Waals surface area contributed by atoms with Crippen LogP contribution in [0.1, 0.15) is 57.2 Å². The van der Waals surface area contributed by atoms with Crippen LogP contribution in [0.25, 0.3) is 0 Å². The Hall–Kier alpha value is -0.900. The second kappa shape index (κ2) is 4.41. The van der Waals surface area contributed by atoms with E-state index in [1.807, 2.05) is 0 Å². The highest BCUT2D eigenvalue weighted by atomic mass is 16.5. The van der Waals surface area contributed by atoms with Crippen LogP contribution >= 0.6 is 0 Å². The van der Waals surface area contributed by atoms with Gasteiger partial charge in [0.1, 0.15) is 0 Å². The molecular formula is C13H21N3O. The molecule has 0 aromatic carbocycles. The zero-order valence-corrected chi connectivity index (χ0v) is 10.6. The summed E-state index contributed by atoms with van der Waals surface area (Å²) in [6.45, 7) is 4.95. The van der Waals surface area contributed by atoms with Crippen LogP contribution in [0.2, 0.25) is 0 Å². The maximum Gasteiger partial charge on any atom is 0.230 e. The van der Waals surface area contributed by atoms with Gasteiger partial charge in [-0.1, -0.05) is 31.8 Å². The van der Waals surface area contributed by atoms with E-state index >= 15 is 0 Å². The quantitative estimate of drug-likeness (QED) is 0.871. The van der Waals surface area contributed by atoms with Crippen molar-refractivity contribution in [2.24, 2.45) is 11.8 Å². The first-order valence-electron chi connectivity index (χ1n) is 6.81. The molecule has 3 rings (SSSR count). The Kier molecular flexibility index (Phi) is 2.90. The van der Waals surface area contributed by atoms with E-state index in [9.17, 15) is 0 Å². The van der Waals surface area contributed by atoms with Crippen molar-refractivity contribution in [2.75, 3.05) is 0 Å². The molecule has 2 aliphatic rings. The molecular weight excluding hydrogens is 214 g/mol. The fourth-order valence-electron chi connectivity index (χ4n) is 3.13. The van der Waals surface area contributed by atoms with Crippen LogP contribution in [0.3, 0.4) is 0 Å². The molecule has 2 unspecified atom stereocenters. The zero-order chi connectivity index (χ0) is 11.8. The average Bonchev–Trinajstić information content (AvgIpc) is 2.87. The Labute approximate surface area is 102 Å². The van der Waals surface area contributed by atoms with Crippen LogP contribution < -0.4 is 5.32 Å². The molecule has 0 saturated heterocycles. The van der Waals surface area contributed by atoms with Gasteiger partial charge < -0.3 is 9.84 Å². The topological polar surface area (TPSA) is 51.0 Å². The lowest BCUT2D eigenvalue weighted by Gasteiger charge is -2.04. The first-order chi connectivity index (χ1) is 8.25. The van der Waals surface area contributed by atoms with E-state index < -0.39 is 0 Å². The summed E-state index contributed by atoms with van der Waals surface area (Å²) in [5.74, 6) is 3.96. The molecule has 0 spiro atoms. The third kappa shape index (κ3) is 2.23. The molecule has 1 N–H and O–H groups in total. The Balaban J connectivity index is 1.61. The number of rotatable bonds is 4. The molecule has 2 aliphatic carbocycles. The van der Waals surface area contributed by atoms with Gasteiger partial charge >= 0.3 is 0 Å². The van der Waals surface area contributed by atoms with Crippen LogP contribution in [0.5, 0.6) is 0 Å². The second-order valence-electron chi connectivity index (χ2n) is 5.72. The maximum absolute atomic E-state index is 5.41. The van der Waals surface area contributed by atoms with Gasteiger partial charge in [0.15, 0.2) is 5.82 Å². The van der Waals surface area contributed by atoms with Gasteiger partial charge in [-0.25, -0.2) is 0 Å². The summed E-state index contributed by atoms with van der Waals surface area (Å²) in [6, 6.07) is 0.459. The highest BCUT2D eigenvalue weighted by Crippen LogP contribution is 2.60. The molecule has 17 heavy (non-hydrogen) atoms. The molecule has 2 fully saturated rings. The van der Waals surface area contributed by atoms with Crippen LogP contribution in [0.4, 0.5) is 0 Å². The zero-order valence-electron chi connectivity index (χ0n) is 10.6. The lowest BCUT2D eigenvalue weighted by atomic mass is 10.0. The van der Waals surface area contributed by atoms with Gasteiger partial charge in [-0.3, -0.25) is 0 Å². The summed E-state index contributed by atoms with van der Waals surface area (Å²) in [5, 5.41) is 7.37. The van der Waals surface area contributed by atoms with Crippen LogP contribution in [-0.4, -0.2) is 16.2 Å². The number of nitrogens with one attached hydrogen (secondary N) is 1. The van der Waals surface area contributed by atoms with Crippen molar-refractivity contribution in [1.82, 2.24) is 15.5 Å². The van der Waals surface area contributed by atoms with E-state index in [2.05, 4.69) is 29.3 Å². The largest absolute Gasteiger partial charge is 0.339 e. The van der Waals surface area contributed by atoms with Crippen molar-refractivity contribution in [3.8, 4) is 0 Å². The molecule has 2 atom stereocenters. The molecule has 0 radical (unpaired) electrons. The number of aromatic nitrogens is 2. The highest BCUT2D eigenvalue weighted by molar-refractivity contribution is 5.14. The van der Waals surface area contributed by atoms with Crippen LogP contribution in [0, 0.1) is 11.8 Å². The van der Waals surface area contributed by atoms with Crippen molar-refractivity contribution in [2.45, 2.75) is 58.0 Å². The van der Waals surface area contributed by atoms with E-state index in [-0.39, 0.29) is 0 Å². The molecule has 0 amide bonds. The average molecular weight is 235 g/mol. The Morgan fingerprint density at radius 3 is 2.65 bits per heavy atom. The van der Waals surface area contributed by atoms with Gasteiger partial charge in [-0.05, 0) is 24.7 Å². The number of fused-ring (bicyclic) bond motifs is 1. The first-order valence-corrected chi connectivity index (χ1v) is 6.81. The molecule has 94 valence electrons. The van der Waals surface area contributed by atoms with Gasteiger partial charge in [0.2, 0.25) is 5.89 Å². The van der Waals surface area contributed by atoms with Crippen molar-refractivity contribution < 1.29 is 4.52 Å². The molecule has 0 aliphatic heterocycles. The van der Waals surface area contributed by atoms with E-state index in [0.29, 0.717) is 18.5 Å². The van der Waals surface area contributed by atoms with Crippen molar-refractivity contribution >= 4 is 0 Å². The Bertz CT molecular complexity index is 376. The van der Waals surface area contributed by atoms with Gasteiger partial charge in [-0.15, -0.1) is 0 Å². The summed E-state index contributed by atoms with van der Waals surface area (Å²) in [7, 11) is 0. The molecule has 4 heteroatoms. The van der Waals surface area contributed by atoms with Gasteiger partial charge in [-0.2, -0.15) is 4.98 Å². The monoisotopic (exact) mass is 235 g/mol. The van der Waals surface area contributed by atoms with Gasteiger partial charge in [0.05, 0.1) is 6.54 Å². The smallest absolute Gasteiger partial charge is 0.230 e. The van der Waals surface area contributed by atoms with Gasteiger partial charge in [0, 0.05) is 12.0 Å². The summed E-state index contributed by atoms with van der Waals surface area (Å²) in [5.41, 5.74) is 0. The third-order valence-electron chi connectivity index (χ3n) is 4.09. The number of hydrogen-bond acceptors (Lipinski definition) is 4. The van der Waals surface area contributed by atoms with Gasteiger partial charge in [0.25, 0.3) is 0 Å². The minimum absolute atomic E-state index is 0.459. The van der Waals surface area contributed by atoms with E-state index in [1.54, 1.807) is 0 Å². The summed E-state index contributed by atoms with van der Waals surface area (Å²) < 4.78 is 5.41. The minimum atomic E-state index is 0.459. The standard InChI is InChI=1S/C13H21N3O/c1-8(2)14-7-11-15-13(17-16-11)12-9-5-3-4-6-10(9)12/h8-10,12,14H,3-7H2,1-2H3. The van der Waals surface area contributed by atoms with E-state index in [0.717, 1.165) is 23.6 Å². The first kappa shape index (κ1) is 11.2. The fraction of sp³-hybridized carbons (Fsp3) is 0.846. The normalized spacial score (nSPS) is 31.6. The summed E-state index contributed by atoms with van der Waals surface area (Å²) in [6.07, 6.45) is 5.48. The van der Waals surface area contributed by atoms with E-state index in [4.69, 9.17) is 4.52 Å². The SMILES string of the molecule is CC(C)NCc1noc(C2C3CCCCC32)n1. The fourth-order valence-corrected chi connectivity index (χ4v) is 3.13. The molecule has 4 nitrogen and oxygen atoms in total. The maximum atomic E-state index is 5.41. The Morgan fingerprint density at radius 2 is 2.00 bits per heavy atom. The van der Waals surface area contributed by atoms with E-state index in [1.165, 1.54) is 25.7 Å². The number of hydrogen-bond donors (Lipinski definition) is 1. The molecule has 0 bridgehead atoms.